The van der Waals surface area contributed by atoms with E-state index < -0.39 is 0 Å². The molecule has 0 radical (unpaired) electrons. The zero-order chi connectivity index (χ0) is 12.7. The number of rotatable bonds is 0. The van der Waals surface area contributed by atoms with Crippen LogP contribution in [-0.2, 0) is 12.8 Å². The van der Waals surface area contributed by atoms with Gasteiger partial charge < -0.3 is 0 Å². The molecule has 0 aliphatic heterocycles. The fourth-order valence-electron chi connectivity index (χ4n) is 2.56. The summed E-state index contributed by atoms with van der Waals surface area (Å²) in [5.74, 6) is 0.120. The van der Waals surface area contributed by atoms with Gasteiger partial charge in [0.2, 0.25) is 0 Å². The van der Waals surface area contributed by atoms with Crippen molar-refractivity contribution in [3.63, 3.8) is 0 Å². The molecule has 1 aliphatic rings. The molecule has 2 heteroatoms. The van der Waals surface area contributed by atoms with Crippen molar-refractivity contribution in [1.82, 2.24) is 0 Å². The Kier molecular flexibility index (Phi) is 2.71. The molecule has 0 bridgehead atoms. The number of hydrogen-bond acceptors (Lipinski definition) is 1. The summed E-state index contributed by atoms with van der Waals surface area (Å²) in [5.41, 5.74) is 5.03. The second-order valence-corrected chi connectivity index (χ2v) is 5.23. The van der Waals surface area contributed by atoms with Crippen LogP contribution in [0.5, 0.6) is 0 Å². The van der Waals surface area contributed by atoms with Crippen LogP contribution in [0.3, 0.4) is 0 Å². The van der Waals surface area contributed by atoms with E-state index in [1.807, 2.05) is 24.3 Å². The molecule has 2 aromatic carbocycles. The second kappa shape index (κ2) is 4.25. The van der Waals surface area contributed by atoms with Crippen molar-refractivity contribution in [2.45, 2.75) is 19.8 Å². The largest absolute Gasteiger partial charge is 0.289 e. The molecule has 0 saturated heterocycles. The van der Waals surface area contributed by atoms with Gasteiger partial charge in [-0.05, 0) is 49.1 Å². The van der Waals surface area contributed by atoms with Gasteiger partial charge >= 0.3 is 0 Å². The van der Waals surface area contributed by atoms with Crippen molar-refractivity contribution < 1.29 is 4.79 Å². The number of carbonyl (C=O) groups excluding carboxylic acids is 1. The van der Waals surface area contributed by atoms with Gasteiger partial charge in [-0.1, -0.05) is 35.4 Å². The van der Waals surface area contributed by atoms with E-state index in [0.29, 0.717) is 5.02 Å². The standard InChI is InChI=1S/C16H13ClO/c1-10-2-6-14-11(8-10)3-4-12-9-13(17)5-7-15(12)16(14)18/h2,5-9H,3-4H2,1H3. The van der Waals surface area contributed by atoms with E-state index in [1.54, 1.807) is 6.07 Å². The van der Waals surface area contributed by atoms with Crippen LogP contribution in [-0.4, -0.2) is 5.78 Å². The molecule has 90 valence electrons. The summed E-state index contributed by atoms with van der Waals surface area (Å²) in [6.45, 7) is 2.06. The highest BCUT2D eigenvalue weighted by molar-refractivity contribution is 6.30. The Morgan fingerprint density at radius 2 is 1.56 bits per heavy atom. The maximum atomic E-state index is 12.5. The Bertz CT molecular complexity index is 588. The predicted octanol–water partition coefficient (Wildman–Crippen LogP) is 3.98. The number of ketones is 1. The van der Waals surface area contributed by atoms with Gasteiger partial charge in [0, 0.05) is 16.1 Å². The van der Waals surface area contributed by atoms with Crippen LogP contribution < -0.4 is 0 Å². The molecule has 2 aromatic rings. The molecule has 18 heavy (non-hydrogen) atoms. The lowest BCUT2D eigenvalue weighted by Gasteiger charge is -2.06. The van der Waals surface area contributed by atoms with Crippen LogP contribution in [0.25, 0.3) is 0 Å². The molecular weight excluding hydrogens is 244 g/mol. The van der Waals surface area contributed by atoms with Crippen LogP contribution in [0.1, 0.15) is 32.6 Å². The van der Waals surface area contributed by atoms with Crippen LogP contribution in [0.2, 0.25) is 5.02 Å². The van der Waals surface area contributed by atoms with E-state index in [-0.39, 0.29) is 5.78 Å². The Morgan fingerprint density at radius 3 is 2.28 bits per heavy atom. The Balaban J connectivity index is 2.18. The van der Waals surface area contributed by atoms with Crippen LogP contribution in [0.4, 0.5) is 0 Å². The Morgan fingerprint density at radius 1 is 0.944 bits per heavy atom. The van der Waals surface area contributed by atoms with Gasteiger partial charge in [-0.15, -0.1) is 0 Å². The molecule has 1 nitrogen and oxygen atoms in total. The fraction of sp³-hybridized carbons (Fsp3) is 0.188. The van der Waals surface area contributed by atoms with Gasteiger partial charge in [0.05, 0.1) is 0 Å². The van der Waals surface area contributed by atoms with Crippen LogP contribution in [0.15, 0.2) is 36.4 Å². The lowest BCUT2D eigenvalue weighted by Crippen LogP contribution is -2.04. The summed E-state index contributed by atoms with van der Waals surface area (Å²) < 4.78 is 0. The molecule has 0 saturated carbocycles. The number of halogens is 1. The first-order valence-electron chi connectivity index (χ1n) is 6.08. The topological polar surface area (TPSA) is 17.1 Å². The number of aryl methyl sites for hydroxylation is 3. The number of benzene rings is 2. The zero-order valence-electron chi connectivity index (χ0n) is 10.2. The Labute approximate surface area is 111 Å². The predicted molar refractivity (Wildman–Crippen MR) is 73.5 cm³/mol. The van der Waals surface area contributed by atoms with E-state index in [4.69, 9.17) is 11.6 Å². The fourth-order valence-corrected chi connectivity index (χ4v) is 2.75. The van der Waals surface area contributed by atoms with Crippen molar-refractivity contribution >= 4 is 17.4 Å². The van der Waals surface area contributed by atoms with E-state index >= 15 is 0 Å². The number of fused-ring (bicyclic) bond motifs is 2. The molecule has 0 unspecified atom stereocenters. The molecule has 3 rings (SSSR count). The summed E-state index contributed by atoms with van der Waals surface area (Å²) in [5, 5.41) is 0.698. The summed E-state index contributed by atoms with van der Waals surface area (Å²) in [6, 6.07) is 11.6. The molecule has 0 N–H and O–H groups in total. The molecule has 0 heterocycles. The smallest absolute Gasteiger partial charge is 0.193 e. The summed E-state index contributed by atoms with van der Waals surface area (Å²) in [6.07, 6.45) is 1.77. The zero-order valence-corrected chi connectivity index (χ0v) is 10.9. The van der Waals surface area contributed by atoms with Gasteiger partial charge in [-0.25, -0.2) is 0 Å². The summed E-state index contributed by atoms with van der Waals surface area (Å²) >= 11 is 6.00. The van der Waals surface area contributed by atoms with Gasteiger partial charge in [0.15, 0.2) is 5.78 Å². The van der Waals surface area contributed by atoms with Gasteiger partial charge in [-0.2, -0.15) is 0 Å². The van der Waals surface area contributed by atoms with Crippen LogP contribution >= 0.6 is 11.6 Å². The normalized spacial score (nSPS) is 13.8. The maximum Gasteiger partial charge on any atom is 0.193 e. The minimum Gasteiger partial charge on any atom is -0.289 e. The maximum absolute atomic E-state index is 12.5. The third-order valence-electron chi connectivity index (χ3n) is 3.48. The summed E-state index contributed by atoms with van der Waals surface area (Å²) in [7, 11) is 0. The molecular formula is C16H13ClO. The quantitative estimate of drug-likeness (QED) is 0.697. The van der Waals surface area contributed by atoms with Crippen molar-refractivity contribution in [2.75, 3.05) is 0 Å². The van der Waals surface area contributed by atoms with Gasteiger partial charge in [0.25, 0.3) is 0 Å². The lowest BCUT2D eigenvalue weighted by molar-refractivity contribution is 0.103. The van der Waals surface area contributed by atoms with E-state index in [1.165, 1.54) is 5.56 Å². The van der Waals surface area contributed by atoms with E-state index in [2.05, 4.69) is 13.0 Å². The highest BCUT2D eigenvalue weighted by atomic mass is 35.5. The molecule has 0 spiro atoms. The summed E-state index contributed by atoms with van der Waals surface area (Å²) in [4.78, 5) is 12.5. The van der Waals surface area contributed by atoms with Crippen LogP contribution in [0, 0.1) is 6.92 Å². The van der Waals surface area contributed by atoms with E-state index in [9.17, 15) is 4.79 Å². The van der Waals surface area contributed by atoms with Gasteiger partial charge in [0.1, 0.15) is 0 Å². The molecule has 0 atom stereocenters. The average Bonchev–Trinajstić information content (AvgIpc) is 2.47. The van der Waals surface area contributed by atoms with Crippen molar-refractivity contribution in [2.24, 2.45) is 0 Å². The first-order valence-corrected chi connectivity index (χ1v) is 6.45. The average molecular weight is 257 g/mol. The molecule has 0 amide bonds. The SMILES string of the molecule is Cc1ccc2c(c1)CCc1cc(Cl)ccc1C2=O. The second-order valence-electron chi connectivity index (χ2n) is 4.79. The number of hydrogen-bond donors (Lipinski definition) is 0. The minimum absolute atomic E-state index is 0.120. The monoisotopic (exact) mass is 256 g/mol. The van der Waals surface area contributed by atoms with E-state index in [0.717, 1.165) is 35.1 Å². The van der Waals surface area contributed by atoms with Crippen molar-refractivity contribution in [1.29, 1.82) is 0 Å². The molecule has 1 aliphatic carbocycles. The highest BCUT2D eigenvalue weighted by Gasteiger charge is 2.20. The molecule has 0 aromatic heterocycles. The number of carbonyl (C=O) groups is 1. The van der Waals surface area contributed by atoms with Crippen molar-refractivity contribution in [3.8, 4) is 0 Å². The van der Waals surface area contributed by atoms with Gasteiger partial charge in [-0.3, -0.25) is 4.79 Å². The van der Waals surface area contributed by atoms with Crippen molar-refractivity contribution in [3.05, 3.63) is 69.2 Å². The third-order valence-corrected chi connectivity index (χ3v) is 3.72. The minimum atomic E-state index is 0.120. The first kappa shape index (κ1) is 11.5. The third kappa shape index (κ3) is 1.85. The first-order chi connectivity index (χ1) is 8.65. The molecule has 0 fully saturated rings. The lowest BCUT2D eigenvalue weighted by atomic mass is 9.98. The Hall–Kier alpha value is -1.60. The highest BCUT2D eigenvalue weighted by Crippen LogP contribution is 2.27.